The third-order valence-electron chi connectivity index (χ3n) is 6.61. The van der Waals surface area contributed by atoms with E-state index in [9.17, 15) is 9.59 Å². The lowest BCUT2D eigenvalue weighted by Crippen LogP contribution is -2.69. The lowest BCUT2D eigenvalue weighted by Gasteiger charge is -2.54. The molecule has 1 fully saturated rings. The summed E-state index contributed by atoms with van der Waals surface area (Å²) in [6, 6.07) is 6.49. The highest BCUT2D eigenvalue weighted by Crippen LogP contribution is 2.47. The van der Waals surface area contributed by atoms with Gasteiger partial charge in [0.25, 0.3) is 0 Å². The number of aromatic nitrogens is 1. The standard InChI is InChI=1S/C23H32N4O2/c1-3-10-27-14-17(26-21(29)9-4-6-15(2)28)11-19-18-7-5-8-20-22(18)16(13-25-20)12-23(19,27)24/h5,7-8,13,17,19,25H,3-4,6,9-12,14,24H2,1-2H3,(H,26,29)/t17?,19-,23-/m1/s1. The number of benzene rings is 1. The van der Waals surface area contributed by atoms with E-state index in [2.05, 4.69) is 46.5 Å². The van der Waals surface area contributed by atoms with Crippen LogP contribution in [-0.4, -0.2) is 46.4 Å². The van der Waals surface area contributed by atoms with Crippen LogP contribution in [0.2, 0.25) is 0 Å². The number of carbonyl (C=O) groups excluding carboxylic acids is 2. The average Bonchev–Trinajstić information content (AvgIpc) is 3.07. The number of Topliss-reactive ketones (excluding diaryl/α,β-unsaturated/α-hetero) is 1. The maximum Gasteiger partial charge on any atom is 0.220 e. The van der Waals surface area contributed by atoms with Gasteiger partial charge in [0.05, 0.1) is 5.66 Å². The van der Waals surface area contributed by atoms with Gasteiger partial charge in [0, 0.05) is 54.9 Å². The van der Waals surface area contributed by atoms with Crippen LogP contribution in [0.3, 0.4) is 0 Å². The quantitative estimate of drug-likeness (QED) is 0.671. The van der Waals surface area contributed by atoms with Gasteiger partial charge in [-0.2, -0.15) is 0 Å². The Balaban J connectivity index is 1.58. The number of nitrogens with one attached hydrogen (secondary N) is 2. The van der Waals surface area contributed by atoms with Gasteiger partial charge in [-0.05, 0) is 49.9 Å². The Morgan fingerprint density at radius 3 is 2.93 bits per heavy atom. The van der Waals surface area contributed by atoms with Crippen molar-refractivity contribution in [1.82, 2.24) is 15.2 Å². The molecule has 1 aromatic heterocycles. The fourth-order valence-electron chi connectivity index (χ4n) is 5.34. The minimum absolute atomic E-state index is 0.0357. The third-order valence-corrected chi connectivity index (χ3v) is 6.61. The molecule has 1 saturated heterocycles. The molecule has 1 aromatic carbocycles. The van der Waals surface area contributed by atoms with Crippen molar-refractivity contribution in [1.29, 1.82) is 0 Å². The Labute approximate surface area is 172 Å². The second-order valence-corrected chi connectivity index (χ2v) is 8.81. The lowest BCUT2D eigenvalue weighted by molar-refractivity contribution is -0.123. The molecule has 6 heteroatoms. The number of hydrogen-bond donors (Lipinski definition) is 3. The maximum atomic E-state index is 12.5. The summed E-state index contributed by atoms with van der Waals surface area (Å²) in [7, 11) is 0. The van der Waals surface area contributed by atoms with E-state index in [-0.39, 0.29) is 23.7 Å². The molecule has 156 valence electrons. The number of hydrogen-bond acceptors (Lipinski definition) is 4. The van der Waals surface area contributed by atoms with Crippen LogP contribution in [0, 0.1) is 0 Å². The van der Waals surface area contributed by atoms with Crippen molar-refractivity contribution in [2.24, 2.45) is 5.73 Å². The smallest absolute Gasteiger partial charge is 0.220 e. The summed E-state index contributed by atoms with van der Waals surface area (Å²) in [4.78, 5) is 29.4. The summed E-state index contributed by atoms with van der Waals surface area (Å²) in [6.45, 7) is 5.43. The minimum atomic E-state index is -0.421. The van der Waals surface area contributed by atoms with E-state index < -0.39 is 5.66 Å². The molecule has 4 rings (SSSR count). The second kappa shape index (κ2) is 7.92. The molecule has 4 N–H and O–H groups in total. The summed E-state index contributed by atoms with van der Waals surface area (Å²) in [5, 5.41) is 4.53. The second-order valence-electron chi connectivity index (χ2n) is 8.81. The number of nitrogens with two attached hydrogens (primary N) is 1. The summed E-state index contributed by atoms with van der Waals surface area (Å²) < 4.78 is 0. The van der Waals surface area contributed by atoms with Gasteiger partial charge in [-0.3, -0.25) is 9.69 Å². The first-order valence-corrected chi connectivity index (χ1v) is 10.8. The van der Waals surface area contributed by atoms with Crippen LogP contribution in [0.1, 0.15) is 63.0 Å². The van der Waals surface area contributed by atoms with Crippen molar-refractivity contribution in [2.75, 3.05) is 13.1 Å². The maximum absolute atomic E-state index is 12.5. The number of ketones is 1. The number of piperidine rings is 1. The number of amides is 1. The molecule has 2 heterocycles. The van der Waals surface area contributed by atoms with Crippen molar-refractivity contribution in [3.05, 3.63) is 35.5 Å². The number of rotatable bonds is 7. The zero-order valence-corrected chi connectivity index (χ0v) is 17.5. The van der Waals surface area contributed by atoms with Crippen molar-refractivity contribution in [3.8, 4) is 0 Å². The predicted octanol–water partition coefficient (Wildman–Crippen LogP) is 2.82. The van der Waals surface area contributed by atoms with Crippen LogP contribution in [0.5, 0.6) is 0 Å². The summed E-state index contributed by atoms with van der Waals surface area (Å²) in [6.07, 6.45) is 6.28. The van der Waals surface area contributed by atoms with Gasteiger partial charge in [-0.25, -0.2) is 0 Å². The zero-order valence-electron chi connectivity index (χ0n) is 17.5. The van der Waals surface area contributed by atoms with Crippen LogP contribution < -0.4 is 11.1 Å². The van der Waals surface area contributed by atoms with Crippen molar-refractivity contribution in [3.63, 3.8) is 0 Å². The minimum Gasteiger partial charge on any atom is -0.361 e. The van der Waals surface area contributed by atoms with Crippen molar-refractivity contribution >= 4 is 22.6 Å². The zero-order chi connectivity index (χ0) is 20.6. The molecule has 6 nitrogen and oxygen atoms in total. The molecule has 1 amide bonds. The lowest BCUT2D eigenvalue weighted by atomic mass is 9.69. The first kappa shape index (κ1) is 20.1. The van der Waals surface area contributed by atoms with Crippen molar-refractivity contribution in [2.45, 2.75) is 70.0 Å². The molecule has 0 radical (unpaired) electrons. The molecule has 1 aliphatic carbocycles. The first-order valence-electron chi connectivity index (χ1n) is 10.8. The average molecular weight is 397 g/mol. The molecule has 1 aliphatic heterocycles. The Morgan fingerprint density at radius 2 is 2.17 bits per heavy atom. The molecule has 29 heavy (non-hydrogen) atoms. The normalized spacial score (nSPS) is 26.3. The summed E-state index contributed by atoms with van der Waals surface area (Å²) >= 11 is 0. The molecule has 1 unspecified atom stereocenters. The number of aromatic amines is 1. The fourth-order valence-corrected chi connectivity index (χ4v) is 5.34. The summed E-state index contributed by atoms with van der Waals surface area (Å²) in [5.74, 6) is 0.348. The molecule has 2 aliphatic rings. The molecule has 0 spiro atoms. The molecule has 2 aromatic rings. The summed E-state index contributed by atoms with van der Waals surface area (Å²) in [5.41, 5.74) is 10.4. The number of nitrogens with zero attached hydrogens (tertiary/aromatic N) is 1. The highest BCUT2D eigenvalue weighted by atomic mass is 16.1. The first-order chi connectivity index (χ1) is 13.9. The van der Waals surface area contributed by atoms with Gasteiger partial charge in [0.2, 0.25) is 5.91 Å². The molecule has 0 bridgehead atoms. The predicted molar refractivity (Wildman–Crippen MR) is 115 cm³/mol. The van der Waals surface area contributed by atoms with Crippen LogP contribution in [0.4, 0.5) is 0 Å². The topological polar surface area (TPSA) is 91.2 Å². The van der Waals surface area contributed by atoms with Gasteiger partial charge in [0.1, 0.15) is 5.78 Å². The Morgan fingerprint density at radius 1 is 1.34 bits per heavy atom. The van der Waals surface area contributed by atoms with E-state index in [1.165, 1.54) is 16.5 Å². The van der Waals surface area contributed by atoms with E-state index >= 15 is 0 Å². The number of likely N-dealkylation sites (tertiary alicyclic amines) is 1. The third kappa shape index (κ3) is 3.71. The molecule has 3 atom stereocenters. The highest BCUT2D eigenvalue weighted by Gasteiger charge is 2.49. The van der Waals surface area contributed by atoms with Gasteiger partial charge in [0.15, 0.2) is 0 Å². The Kier molecular flexibility index (Phi) is 5.49. The van der Waals surface area contributed by atoms with Gasteiger partial charge in [-0.1, -0.05) is 19.1 Å². The Bertz CT molecular complexity index is 921. The Hall–Kier alpha value is -2.18. The number of carbonyl (C=O) groups is 2. The van der Waals surface area contributed by atoms with Crippen molar-refractivity contribution < 1.29 is 9.59 Å². The van der Waals surface area contributed by atoms with E-state index in [1.54, 1.807) is 6.92 Å². The van der Waals surface area contributed by atoms with E-state index in [1.807, 2.05) is 0 Å². The van der Waals surface area contributed by atoms with Crippen LogP contribution in [0.15, 0.2) is 24.4 Å². The molecular formula is C23H32N4O2. The monoisotopic (exact) mass is 396 g/mol. The number of H-pyrrole nitrogens is 1. The van der Waals surface area contributed by atoms with Gasteiger partial charge < -0.3 is 20.8 Å². The van der Waals surface area contributed by atoms with Crippen LogP contribution in [0.25, 0.3) is 10.9 Å². The largest absolute Gasteiger partial charge is 0.361 e. The van der Waals surface area contributed by atoms with E-state index in [0.717, 1.165) is 37.9 Å². The number of fused-ring (bicyclic) bond motifs is 2. The van der Waals surface area contributed by atoms with Crippen LogP contribution >= 0.6 is 0 Å². The van der Waals surface area contributed by atoms with Gasteiger partial charge in [-0.15, -0.1) is 0 Å². The van der Waals surface area contributed by atoms with E-state index in [4.69, 9.17) is 5.73 Å². The van der Waals surface area contributed by atoms with Gasteiger partial charge >= 0.3 is 0 Å². The van der Waals surface area contributed by atoms with Crippen LogP contribution in [-0.2, 0) is 16.0 Å². The molecule has 0 saturated carbocycles. The SMILES string of the molecule is CCCN1CC(NC(=O)CCCC(C)=O)C[C@@H]2c3cccc4[nH]cc(c34)C[C@]21N. The fraction of sp³-hybridized carbons (Fsp3) is 0.565. The van der Waals surface area contributed by atoms with E-state index in [0.29, 0.717) is 19.3 Å². The molecular weight excluding hydrogens is 364 g/mol. The highest BCUT2D eigenvalue weighted by molar-refractivity contribution is 5.88.